The van der Waals surface area contributed by atoms with Crippen molar-refractivity contribution in [2.45, 2.75) is 9.92 Å². The Balaban J connectivity index is 2.29. The van der Waals surface area contributed by atoms with Crippen molar-refractivity contribution in [2.24, 2.45) is 0 Å². The van der Waals surface area contributed by atoms with Gasteiger partial charge in [-0.1, -0.05) is 12.1 Å². The smallest absolute Gasteiger partial charge is 0.279 e. The molecule has 0 aliphatic carbocycles. The fourth-order valence-electron chi connectivity index (χ4n) is 1.52. The number of para-hydroxylation sites is 1. The van der Waals surface area contributed by atoms with E-state index in [0.717, 1.165) is 0 Å². The van der Waals surface area contributed by atoms with Crippen molar-refractivity contribution in [3.8, 4) is 0 Å². The Morgan fingerprint density at radius 2 is 2.00 bits per heavy atom. The Morgan fingerprint density at radius 3 is 2.88 bits per heavy atom. The molecule has 80 valence electrons. The fraction of sp³-hybridized carbons (Fsp3) is 0. The lowest BCUT2D eigenvalue weighted by atomic mass is 10.3. The normalized spacial score (nSPS) is 18.2. The second kappa shape index (κ2) is 3.24. The number of hydrogen-bond acceptors (Lipinski definition) is 4. The lowest BCUT2D eigenvalue weighted by molar-refractivity contribution is 0.101. The summed E-state index contributed by atoms with van der Waals surface area (Å²) in [5.74, 6) is -0.401. The van der Waals surface area contributed by atoms with E-state index in [9.17, 15) is 9.00 Å². The average molecular weight is 234 g/mol. The second-order valence-corrected chi connectivity index (χ2v) is 4.56. The van der Waals surface area contributed by atoms with Crippen molar-refractivity contribution >= 4 is 22.4 Å². The number of fused-ring (bicyclic) bond motifs is 2. The van der Waals surface area contributed by atoms with E-state index in [4.69, 9.17) is 0 Å². The minimum atomic E-state index is -1.49. The van der Waals surface area contributed by atoms with Crippen molar-refractivity contribution in [3.63, 3.8) is 0 Å². The monoisotopic (exact) mass is 234 g/mol. The highest BCUT2D eigenvalue weighted by molar-refractivity contribution is 7.85. The molecule has 1 atom stereocenters. The van der Waals surface area contributed by atoms with Crippen molar-refractivity contribution < 1.29 is 9.00 Å². The molecule has 0 radical (unpaired) electrons. The van der Waals surface area contributed by atoms with Crippen LogP contribution in [-0.4, -0.2) is 25.5 Å². The van der Waals surface area contributed by atoms with Gasteiger partial charge in [0.05, 0.1) is 10.6 Å². The van der Waals surface area contributed by atoms with Gasteiger partial charge >= 0.3 is 0 Å². The predicted octanol–water partition coefficient (Wildman–Crippen LogP) is 0.537. The first-order chi connectivity index (χ1) is 7.77. The van der Waals surface area contributed by atoms with Gasteiger partial charge in [0.2, 0.25) is 0 Å². The number of amides is 1. The molecule has 0 spiro atoms. The number of aromatic amines is 1. The molecule has 6 nitrogen and oxygen atoms in total. The number of aromatic nitrogens is 3. The molecule has 0 saturated heterocycles. The zero-order chi connectivity index (χ0) is 11.1. The maximum atomic E-state index is 12.1. The third-order valence-corrected chi connectivity index (χ3v) is 3.63. The van der Waals surface area contributed by atoms with Crippen molar-refractivity contribution in [3.05, 3.63) is 30.0 Å². The summed E-state index contributed by atoms with van der Waals surface area (Å²) in [7, 11) is -1.49. The Kier molecular flexibility index (Phi) is 1.87. The molecule has 2 aromatic rings. The molecule has 1 unspecified atom stereocenters. The van der Waals surface area contributed by atoms with Gasteiger partial charge in [-0.15, -0.1) is 10.2 Å². The number of hydrogen-bond donors (Lipinski definition) is 2. The molecule has 1 aliphatic rings. The molecule has 3 rings (SSSR count). The first-order valence-corrected chi connectivity index (χ1v) is 5.65. The molecule has 2 N–H and O–H groups in total. The molecule has 1 amide bonds. The van der Waals surface area contributed by atoms with E-state index in [1.54, 1.807) is 24.3 Å². The van der Waals surface area contributed by atoms with Crippen LogP contribution in [0, 0.1) is 0 Å². The summed E-state index contributed by atoms with van der Waals surface area (Å²) in [5.41, 5.74) is 0.611. The molecule has 1 aromatic carbocycles. The minimum absolute atomic E-state index is 0.0783. The zero-order valence-corrected chi connectivity index (χ0v) is 8.75. The number of H-pyrrole nitrogens is 1. The summed E-state index contributed by atoms with van der Waals surface area (Å²) in [6.45, 7) is 0. The van der Waals surface area contributed by atoms with Crippen LogP contribution in [0.4, 0.5) is 5.69 Å². The van der Waals surface area contributed by atoms with Crippen LogP contribution in [0.2, 0.25) is 0 Å². The van der Waals surface area contributed by atoms with Crippen LogP contribution in [0.15, 0.2) is 34.2 Å². The average Bonchev–Trinajstić information content (AvgIpc) is 2.74. The topological polar surface area (TPSA) is 87.7 Å². The van der Waals surface area contributed by atoms with Gasteiger partial charge in [0.25, 0.3) is 5.91 Å². The maximum Gasteiger partial charge on any atom is 0.279 e. The standard InChI is InChI=1S/C9H6N4O2S/c14-8-7-9(12-13-11-7)16(15)6-4-2-1-3-5(6)10-8/h1-4H,(H,10,14)(H,11,12,13). The zero-order valence-electron chi connectivity index (χ0n) is 7.93. The van der Waals surface area contributed by atoms with E-state index in [2.05, 4.69) is 20.7 Å². The summed E-state index contributed by atoms with van der Waals surface area (Å²) in [4.78, 5) is 12.2. The molecule has 0 bridgehead atoms. The van der Waals surface area contributed by atoms with E-state index in [0.29, 0.717) is 10.6 Å². The fourth-order valence-corrected chi connectivity index (χ4v) is 2.68. The van der Waals surface area contributed by atoms with Crippen molar-refractivity contribution in [2.75, 3.05) is 5.32 Å². The summed E-state index contributed by atoms with van der Waals surface area (Å²) in [6.07, 6.45) is 0. The molecule has 1 aromatic heterocycles. The first kappa shape index (κ1) is 9.22. The molecule has 1 aliphatic heterocycles. The molecular formula is C9H6N4O2S. The summed E-state index contributed by atoms with van der Waals surface area (Å²) >= 11 is 0. The van der Waals surface area contributed by atoms with Gasteiger partial charge in [0, 0.05) is 0 Å². The number of anilines is 1. The van der Waals surface area contributed by atoms with Gasteiger partial charge in [-0.2, -0.15) is 5.21 Å². The number of carbonyl (C=O) groups is 1. The highest BCUT2D eigenvalue weighted by Crippen LogP contribution is 2.27. The number of benzene rings is 1. The van der Waals surface area contributed by atoms with Crippen LogP contribution in [0.3, 0.4) is 0 Å². The highest BCUT2D eigenvalue weighted by atomic mass is 32.2. The Hall–Kier alpha value is -2.02. The largest absolute Gasteiger partial charge is 0.319 e. The van der Waals surface area contributed by atoms with Gasteiger partial charge in [-0.25, -0.2) is 4.21 Å². The summed E-state index contributed by atoms with van der Waals surface area (Å²) in [6, 6.07) is 6.91. The minimum Gasteiger partial charge on any atom is -0.319 e. The number of carbonyl (C=O) groups excluding carboxylic acids is 1. The second-order valence-electron chi connectivity index (χ2n) is 3.20. The SMILES string of the molecule is O=C1Nc2ccccc2S(=O)c2n[nH]nc21. The van der Waals surface area contributed by atoms with Crippen molar-refractivity contribution in [1.82, 2.24) is 15.4 Å². The Labute approximate surface area is 92.5 Å². The Morgan fingerprint density at radius 1 is 1.19 bits per heavy atom. The van der Waals surface area contributed by atoms with E-state index in [1.165, 1.54) is 0 Å². The van der Waals surface area contributed by atoms with Crippen LogP contribution in [0.1, 0.15) is 10.5 Å². The van der Waals surface area contributed by atoms with Crippen LogP contribution in [-0.2, 0) is 10.8 Å². The van der Waals surface area contributed by atoms with Crippen LogP contribution in [0.25, 0.3) is 0 Å². The molecule has 7 heteroatoms. The first-order valence-electron chi connectivity index (χ1n) is 4.50. The van der Waals surface area contributed by atoms with Crippen LogP contribution >= 0.6 is 0 Å². The van der Waals surface area contributed by atoms with Gasteiger partial charge in [0.1, 0.15) is 10.8 Å². The van der Waals surface area contributed by atoms with Gasteiger partial charge in [-0.05, 0) is 12.1 Å². The predicted molar refractivity (Wildman–Crippen MR) is 55.5 cm³/mol. The molecule has 16 heavy (non-hydrogen) atoms. The number of nitrogens with zero attached hydrogens (tertiary/aromatic N) is 2. The van der Waals surface area contributed by atoms with Crippen LogP contribution < -0.4 is 5.32 Å². The van der Waals surface area contributed by atoms with E-state index in [1.807, 2.05) is 0 Å². The number of rotatable bonds is 0. The van der Waals surface area contributed by atoms with Crippen LogP contribution in [0.5, 0.6) is 0 Å². The van der Waals surface area contributed by atoms with Gasteiger partial charge in [-0.3, -0.25) is 4.79 Å². The quantitative estimate of drug-likeness (QED) is 0.696. The van der Waals surface area contributed by atoms with Gasteiger partial charge < -0.3 is 5.32 Å². The van der Waals surface area contributed by atoms with E-state index >= 15 is 0 Å². The third kappa shape index (κ3) is 1.18. The van der Waals surface area contributed by atoms with Crippen molar-refractivity contribution in [1.29, 1.82) is 0 Å². The molecular weight excluding hydrogens is 228 g/mol. The number of nitrogens with one attached hydrogen (secondary N) is 2. The molecule has 2 heterocycles. The maximum absolute atomic E-state index is 12.1. The Bertz CT molecular complexity index is 607. The lowest BCUT2D eigenvalue weighted by Gasteiger charge is -2.03. The summed E-state index contributed by atoms with van der Waals surface area (Å²) in [5, 5.41) is 12.6. The highest BCUT2D eigenvalue weighted by Gasteiger charge is 2.28. The molecule has 0 fully saturated rings. The van der Waals surface area contributed by atoms with Gasteiger partial charge in [0.15, 0.2) is 10.7 Å². The third-order valence-electron chi connectivity index (χ3n) is 2.24. The summed E-state index contributed by atoms with van der Waals surface area (Å²) < 4.78 is 12.1. The lowest BCUT2D eigenvalue weighted by Crippen LogP contribution is -2.12. The van der Waals surface area contributed by atoms with E-state index in [-0.39, 0.29) is 10.7 Å². The van der Waals surface area contributed by atoms with E-state index < -0.39 is 16.7 Å². The molecule has 0 saturated carbocycles.